The topological polar surface area (TPSA) is 29.1 Å². The highest BCUT2D eigenvalue weighted by Crippen LogP contribution is 2.05. The van der Waals surface area contributed by atoms with Crippen LogP contribution in [0, 0.1) is 13.8 Å². The van der Waals surface area contributed by atoms with Gasteiger partial charge in [0.2, 0.25) is 0 Å². The van der Waals surface area contributed by atoms with Gasteiger partial charge in [-0.05, 0) is 19.4 Å². The Morgan fingerprint density at radius 1 is 0.950 bits per heavy atom. The van der Waals surface area contributed by atoms with Crippen molar-refractivity contribution in [2.45, 2.75) is 20.4 Å². The van der Waals surface area contributed by atoms with Crippen molar-refractivity contribution in [3.63, 3.8) is 0 Å². The van der Waals surface area contributed by atoms with Crippen molar-refractivity contribution < 1.29 is 4.79 Å². The molecule has 0 aliphatic rings. The summed E-state index contributed by atoms with van der Waals surface area (Å²) in [6, 6.07) is 15.9. The van der Waals surface area contributed by atoms with E-state index in [0.29, 0.717) is 5.56 Å². The minimum Gasteiger partial charge on any atom is -0.387 e. The minimum absolute atomic E-state index is 0.0152. The molecule has 0 bridgehead atoms. The average molecular weight is 265 g/mol. The highest BCUT2D eigenvalue weighted by Gasteiger charge is 1.99. The molecule has 0 aromatic heterocycles. The van der Waals surface area contributed by atoms with Gasteiger partial charge in [-0.2, -0.15) is 0 Å². The second-order valence-corrected chi connectivity index (χ2v) is 4.93. The Morgan fingerprint density at radius 3 is 2.10 bits per heavy atom. The second kappa shape index (κ2) is 6.71. The fourth-order valence-electron chi connectivity index (χ4n) is 1.83. The zero-order chi connectivity index (χ0) is 14.4. The number of hydrogen-bond acceptors (Lipinski definition) is 2. The van der Waals surface area contributed by atoms with Gasteiger partial charge in [0.1, 0.15) is 0 Å². The summed E-state index contributed by atoms with van der Waals surface area (Å²) in [5.74, 6) is 0.0152. The van der Waals surface area contributed by atoms with E-state index < -0.39 is 0 Å². The lowest BCUT2D eigenvalue weighted by Crippen LogP contribution is -2.05. The van der Waals surface area contributed by atoms with E-state index in [1.54, 1.807) is 12.3 Å². The molecule has 0 fully saturated rings. The third-order valence-corrected chi connectivity index (χ3v) is 3.12. The highest BCUT2D eigenvalue weighted by molar-refractivity contribution is 6.04. The summed E-state index contributed by atoms with van der Waals surface area (Å²) >= 11 is 0. The number of ketones is 1. The number of aryl methyl sites for hydroxylation is 2. The van der Waals surface area contributed by atoms with Crippen LogP contribution in [0.3, 0.4) is 0 Å². The number of carbonyl (C=O) groups excluding carboxylic acids is 1. The van der Waals surface area contributed by atoms with Crippen molar-refractivity contribution in [3.8, 4) is 0 Å². The predicted octanol–water partition coefficient (Wildman–Crippen LogP) is 3.79. The standard InChI is InChI=1S/C18H19NO/c1-14-3-7-16(8-4-14)13-19-12-11-18(20)17-9-5-15(2)6-10-17/h3-12,19H,13H2,1-2H3. The monoisotopic (exact) mass is 265 g/mol. The smallest absolute Gasteiger partial charge is 0.187 e. The Labute approximate surface area is 120 Å². The Hall–Kier alpha value is -2.35. The van der Waals surface area contributed by atoms with Gasteiger partial charge in [0.05, 0.1) is 0 Å². The van der Waals surface area contributed by atoms with Crippen molar-refractivity contribution in [2.24, 2.45) is 0 Å². The molecule has 2 nitrogen and oxygen atoms in total. The molecule has 0 aliphatic carbocycles. The first kappa shape index (κ1) is 14.1. The molecule has 0 aliphatic heterocycles. The summed E-state index contributed by atoms with van der Waals surface area (Å²) in [4.78, 5) is 11.9. The molecule has 0 heterocycles. The summed E-state index contributed by atoms with van der Waals surface area (Å²) in [7, 11) is 0. The summed E-state index contributed by atoms with van der Waals surface area (Å²) in [5, 5.41) is 3.13. The summed E-state index contributed by atoms with van der Waals surface area (Å²) < 4.78 is 0. The van der Waals surface area contributed by atoms with Crippen LogP contribution >= 0.6 is 0 Å². The van der Waals surface area contributed by atoms with E-state index in [-0.39, 0.29) is 5.78 Å². The zero-order valence-electron chi connectivity index (χ0n) is 11.9. The number of benzene rings is 2. The van der Waals surface area contributed by atoms with Crippen LogP contribution in [0.1, 0.15) is 27.0 Å². The zero-order valence-corrected chi connectivity index (χ0v) is 11.9. The maximum atomic E-state index is 11.9. The van der Waals surface area contributed by atoms with Crippen LogP contribution in [-0.4, -0.2) is 5.78 Å². The van der Waals surface area contributed by atoms with Gasteiger partial charge in [0.15, 0.2) is 5.78 Å². The molecule has 0 atom stereocenters. The number of nitrogens with one attached hydrogen (secondary N) is 1. The van der Waals surface area contributed by atoms with E-state index in [1.807, 2.05) is 31.2 Å². The number of carbonyl (C=O) groups is 1. The Kier molecular flexibility index (Phi) is 4.72. The maximum Gasteiger partial charge on any atom is 0.187 e. The van der Waals surface area contributed by atoms with Crippen LogP contribution in [0.4, 0.5) is 0 Å². The molecular weight excluding hydrogens is 246 g/mol. The third-order valence-electron chi connectivity index (χ3n) is 3.12. The van der Waals surface area contributed by atoms with E-state index in [9.17, 15) is 4.79 Å². The van der Waals surface area contributed by atoms with Gasteiger partial charge in [0, 0.05) is 24.4 Å². The van der Waals surface area contributed by atoms with Crippen LogP contribution in [0.15, 0.2) is 60.8 Å². The first-order valence-electron chi connectivity index (χ1n) is 6.71. The van der Waals surface area contributed by atoms with Crippen molar-refractivity contribution in [1.29, 1.82) is 0 Å². The number of rotatable bonds is 5. The van der Waals surface area contributed by atoms with E-state index in [4.69, 9.17) is 0 Å². The van der Waals surface area contributed by atoms with Crippen LogP contribution in [0.5, 0.6) is 0 Å². The molecular formula is C18H19NO. The average Bonchev–Trinajstić information content (AvgIpc) is 2.46. The molecule has 2 heteroatoms. The highest BCUT2D eigenvalue weighted by atomic mass is 16.1. The largest absolute Gasteiger partial charge is 0.387 e. The first-order chi connectivity index (χ1) is 9.65. The predicted molar refractivity (Wildman–Crippen MR) is 82.7 cm³/mol. The fraction of sp³-hybridized carbons (Fsp3) is 0.167. The molecule has 2 aromatic rings. The minimum atomic E-state index is 0.0152. The maximum absolute atomic E-state index is 11.9. The van der Waals surface area contributed by atoms with Crippen LogP contribution < -0.4 is 5.32 Å². The van der Waals surface area contributed by atoms with E-state index in [0.717, 1.165) is 12.1 Å². The Bertz CT molecular complexity index is 594. The van der Waals surface area contributed by atoms with Crippen LogP contribution in [-0.2, 0) is 6.54 Å². The second-order valence-electron chi connectivity index (χ2n) is 4.93. The molecule has 102 valence electrons. The first-order valence-corrected chi connectivity index (χ1v) is 6.71. The normalized spacial score (nSPS) is 10.7. The van der Waals surface area contributed by atoms with Crippen molar-refractivity contribution in [2.75, 3.05) is 0 Å². The third kappa shape index (κ3) is 4.09. The molecule has 0 amide bonds. The molecule has 20 heavy (non-hydrogen) atoms. The molecule has 0 radical (unpaired) electrons. The number of hydrogen-bond donors (Lipinski definition) is 1. The lowest BCUT2D eigenvalue weighted by Gasteiger charge is -2.02. The van der Waals surface area contributed by atoms with Gasteiger partial charge in [-0.15, -0.1) is 0 Å². The van der Waals surface area contributed by atoms with Crippen LogP contribution in [0.2, 0.25) is 0 Å². The molecule has 1 N–H and O–H groups in total. The van der Waals surface area contributed by atoms with Crippen molar-refractivity contribution in [1.82, 2.24) is 5.32 Å². The molecule has 2 rings (SSSR count). The van der Waals surface area contributed by atoms with E-state index in [2.05, 4.69) is 36.5 Å². The molecule has 0 spiro atoms. The van der Waals surface area contributed by atoms with Gasteiger partial charge in [0.25, 0.3) is 0 Å². The molecule has 0 saturated heterocycles. The van der Waals surface area contributed by atoms with Crippen molar-refractivity contribution >= 4 is 5.78 Å². The fourth-order valence-corrected chi connectivity index (χ4v) is 1.83. The van der Waals surface area contributed by atoms with Gasteiger partial charge < -0.3 is 5.32 Å². The number of allylic oxidation sites excluding steroid dienone is 1. The van der Waals surface area contributed by atoms with E-state index >= 15 is 0 Å². The quantitative estimate of drug-likeness (QED) is 0.658. The molecule has 0 saturated carbocycles. The van der Waals surface area contributed by atoms with E-state index in [1.165, 1.54) is 11.1 Å². The Balaban J connectivity index is 1.85. The lowest BCUT2D eigenvalue weighted by molar-refractivity contribution is 0.104. The SMILES string of the molecule is Cc1ccc(CNC=CC(=O)c2ccc(C)cc2)cc1. The molecule has 0 unspecified atom stereocenters. The summed E-state index contributed by atoms with van der Waals surface area (Å²) in [6.07, 6.45) is 3.28. The van der Waals surface area contributed by atoms with Gasteiger partial charge >= 0.3 is 0 Å². The molecule has 2 aromatic carbocycles. The summed E-state index contributed by atoms with van der Waals surface area (Å²) in [6.45, 7) is 4.79. The van der Waals surface area contributed by atoms with Gasteiger partial charge in [-0.1, -0.05) is 59.7 Å². The van der Waals surface area contributed by atoms with Crippen molar-refractivity contribution in [3.05, 3.63) is 83.1 Å². The van der Waals surface area contributed by atoms with Crippen LogP contribution in [0.25, 0.3) is 0 Å². The van der Waals surface area contributed by atoms with Gasteiger partial charge in [-0.3, -0.25) is 4.79 Å². The lowest BCUT2D eigenvalue weighted by atomic mass is 10.1. The summed E-state index contributed by atoms with van der Waals surface area (Å²) in [5.41, 5.74) is 4.31. The Morgan fingerprint density at radius 2 is 1.50 bits per heavy atom. The van der Waals surface area contributed by atoms with Gasteiger partial charge in [-0.25, -0.2) is 0 Å².